The topological polar surface area (TPSA) is 137 Å². The molecular weight excluding hydrogens is 516 g/mol. The van der Waals surface area contributed by atoms with Gasteiger partial charge in [0.2, 0.25) is 17.7 Å². The maximum Gasteiger partial charge on any atom is 0.408 e. The molecule has 0 aromatic heterocycles. The van der Waals surface area contributed by atoms with E-state index in [2.05, 4.69) is 5.32 Å². The monoisotopic (exact) mass is 558 g/mol. The van der Waals surface area contributed by atoms with E-state index < -0.39 is 47.9 Å². The van der Waals surface area contributed by atoms with Crippen molar-refractivity contribution in [2.75, 3.05) is 28.2 Å². The number of carboxylic acids is 1. The van der Waals surface area contributed by atoms with Gasteiger partial charge < -0.3 is 29.9 Å². The fraction of sp³-hybridized carbons (Fsp3) is 0.621. The van der Waals surface area contributed by atoms with Gasteiger partial charge in [-0.05, 0) is 37.2 Å². The lowest BCUT2D eigenvalue weighted by molar-refractivity contribution is -0.155. The molecule has 0 saturated heterocycles. The number of nitrogens with one attached hydrogen (secondary N) is 1. The summed E-state index contributed by atoms with van der Waals surface area (Å²) in [6.45, 7) is 0.0611. The second kappa shape index (κ2) is 13.6. The van der Waals surface area contributed by atoms with Gasteiger partial charge in [0, 0.05) is 28.2 Å². The maximum atomic E-state index is 14.1. The number of carboxylic acid groups (broad SMARTS) is 1. The van der Waals surface area contributed by atoms with E-state index in [-0.39, 0.29) is 18.4 Å². The largest absolute Gasteiger partial charge is 0.481 e. The van der Waals surface area contributed by atoms with Crippen LogP contribution in [0.5, 0.6) is 0 Å². The first kappa shape index (κ1) is 30.9. The highest BCUT2D eigenvalue weighted by Gasteiger charge is 2.49. The van der Waals surface area contributed by atoms with Crippen molar-refractivity contribution >= 4 is 29.8 Å². The first-order valence-corrected chi connectivity index (χ1v) is 13.9. The van der Waals surface area contributed by atoms with Gasteiger partial charge in [-0.1, -0.05) is 56.0 Å². The van der Waals surface area contributed by atoms with Crippen LogP contribution in [0.2, 0.25) is 0 Å². The summed E-state index contributed by atoms with van der Waals surface area (Å²) in [5.74, 6) is -2.72. The lowest BCUT2D eigenvalue weighted by atomic mass is 9.90. The van der Waals surface area contributed by atoms with Crippen LogP contribution >= 0.6 is 0 Å². The summed E-state index contributed by atoms with van der Waals surface area (Å²) in [7, 11) is 5.99. The molecule has 2 fully saturated rings. The van der Waals surface area contributed by atoms with Gasteiger partial charge in [-0.25, -0.2) is 4.79 Å². The summed E-state index contributed by atoms with van der Waals surface area (Å²) in [4.78, 5) is 69.2. The van der Waals surface area contributed by atoms with Crippen LogP contribution in [0.25, 0.3) is 0 Å². The molecular formula is C29H42N4O7. The molecule has 1 aromatic carbocycles. The Morgan fingerprint density at radius 2 is 1.52 bits per heavy atom. The third-order valence-electron chi connectivity index (χ3n) is 8.17. The summed E-state index contributed by atoms with van der Waals surface area (Å²) >= 11 is 0. The number of ether oxygens (including phenoxy) is 1. The van der Waals surface area contributed by atoms with Crippen LogP contribution in [-0.2, 0) is 30.5 Å². The zero-order valence-electron chi connectivity index (χ0n) is 23.9. The van der Waals surface area contributed by atoms with Gasteiger partial charge in [0.15, 0.2) is 0 Å². The maximum absolute atomic E-state index is 14.1. The average Bonchev–Trinajstić information content (AvgIpc) is 3.63. The van der Waals surface area contributed by atoms with E-state index in [1.54, 1.807) is 7.05 Å². The Morgan fingerprint density at radius 1 is 0.925 bits per heavy atom. The van der Waals surface area contributed by atoms with Crippen molar-refractivity contribution < 1.29 is 33.8 Å². The number of amides is 4. The molecule has 0 unspecified atom stereocenters. The number of carbonyl (C=O) groups is 5. The van der Waals surface area contributed by atoms with Crippen LogP contribution in [0.4, 0.5) is 4.79 Å². The Bertz CT molecular complexity index is 1070. The van der Waals surface area contributed by atoms with Crippen molar-refractivity contribution in [3.8, 4) is 0 Å². The van der Waals surface area contributed by atoms with Gasteiger partial charge >= 0.3 is 12.1 Å². The van der Waals surface area contributed by atoms with E-state index in [1.165, 1.54) is 35.8 Å². The van der Waals surface area contributed by atoms with Gasteiger partial charge in [-0.3, -0.25) is 19.2 Å². The van der Waals surface area contributed by atoms with E-state index in [0.717, 1.165) is 44.1 Å². The molecule has 0 aliphatic heterocycles. The zero-order valence-corrected chi connectivity index (χ0v) is 23.9. The highest BCUT2D eigenvalue weighted by molar-refractivity contribution is 5.96. The van der Waals surface area contributed by atoms with Crippen molar-refractivity contribution in [3.05, 3.63) is 35.9 Å². The van der Waals surface area contributed by atoms with Crippen LogP contribution in [0.3, 0.4) is 0 Å². The summed E-state index contributed by atoms with van der Waals surface area (Å²) < 4.78 is 5.41. The van der Waals surface area contributed by atoms with Gasteiger partial charge in [-0.2, -0.15) is 0 Å². The molecule has 220 valence electrons. The van der Waals surface area contributed by atoms with Gasteiger partial charge in [0.25, 0.3) is 0 Å². The number of hydrogen-bond acceptors (Lipinski definition) is 6. The highest BCUT2D eigenvalue weighted by Crippen LogP contribution is 2.36. The van der Waals surface area contributed by atoms with Crippen molar-refractivity contribution in [1.82, 2.24) is 20.0 Å². The number of benzene rings is 1. The lowest BCUT2D eigenvalue weighted by Crippen LogP contribution is -2.63. The SMILES string of the molecule is CN(C)C(=O)[C@H](CC(=O)O)N(C)C(=O)[C@H](C1CCCC1)N(C)C(=O)C1(NC(=O)OCc2ccccc2)CCCC1. The van der Waals surface area contributed by atoms with Gasteiger partial charge in [0.05, 0.1) is 6.42 Å². The molecule has 2 aliphatic rings. The quantitative estimate of drug-likeness (QED) is 0.426. The van der Waals surface area contributed by atoms with Crippen LogP contribution in [0.15, 0.2) is 30.3 Å². The molecule has 11 nitrogen and oxygen atoms in total. The predicted molar refractivity (Wildman–Crippen MR) is 147 cm³/mol. The third-order valence-corrected chi connectivity index (χ3v) is 8.17. The van der Waals surface area contributed by atoms with Crippen molar-refractivity contribution in [3.63, 3.8) is 0 Å². The fourth-order valence-electron chi connectivity index (χ4n) is 5.96. The minimum absolute atomic E-state index is 0.0611. The average molecular weight is 559 g/mol. The number of nitrogens with zero attached hydrogens (tertiary/aromatic N) is 3. The number of rotatable bonds is 11. The van der Waals surface area contributed by atoms with Crippen molar-refractivity contribution in [1.29, 1.82) is 0 Å². The van der Waals surface area contributed by atoms with Gasteiger partial charge in [0.1, 0.15) is 24.2 Å². The van der Waals surface area contributed by atoms with E-state index in [4.69, 9.17) is 4.74 Å². The van der Waals surface area contributed by atoms with Gasteiger partial charge in [-0.15, -0.1) is 0 Å². The second-order valence-electron chi connectivity index (χ2n) is 11.2. The summed E-state index contributed by atoms with van der Waals surface area (Å²) in [6.07, 6.45) is 4.32. The molecule has 4 amide bonds. The molecule has 0 radical (unpaired) electrons. The molecule has 40 heavy (non-hydrogen) atoms. The van der Waals surface area contributed by atoms with E-state index in [0.29, 0.717) is 12.8 Å². The summed E-state index contributed by atoms with van der Waals surface area (Å²) in [5, 5.41) is 12.3. The zero-order chi connectivity index (χ0) is 29.4. The van der Waals surface area contributed by atoms with Crippen LogP contribution in [-0.4, -0.2) is 95.4 Å². The molecule has 1 aromatic rings. The number of carbonyl (C=O) groups excluding carboxylic acids is 4. The van der Waals surface area contributed by atoms with E-state index in [9.17, 15) is 29.1 Å². The Balaban J connectivity index is 1.83. The smallest absolute Gasteiger partial charge is 0.408 e. The van der Waals surface area contributed by atoms with Crippen LogP contribution in [0, 0.1) is 5.92 Å². The summed E-state index contributed by atoms with van der Waals surface area (Å²) in [6, 6.07) is 7.13. The van der Waals surface area contributed by atoms with Crippen molar-refractivity contribution in [2.24, 2.45) is 5.92 Å². The lowest BCUT2D eigenvalue weighted by Gasteiger charge is -2.41. The minimum atomic E-state index is -1.21. The molecule has 3 rings (SSSR count). The Morgan fingerprint density at radius 3 is 2.08 bits per heavy atom. The Kier molecular flexibility index (Phi) is 10.5. The normalized spacial score (nSPS) is 17.9. The summed E-state index contributed by atoms with van der Waals surface area (Å²) in [5.41, 5.74) is -0.391. The number of likely N-dealkylation sites (N-methyl/N-ethyl adjacent to an activating group) is 3. The number of aliphatic carboxylic acids is 1. The Labute approximate surface area is 235 Å². The number of alkyl carbamates (subject to hydrolysis) is 1. The number of hydrogen-bond donors (Lipinski definition) is 2. The molecule has 0 spiro atoms. The molecule has 2 saturated carbocycles. The second-order valence-corrected chi connectivity index (χ2v) is 11.2. The van der Waals surface area contributed by atoms with E-state index >= 15 is 0 Å². The molecule has 11 heteroatoms. The van der Waals surface area contributed by atoms with Crippen LogP contribution in [0.1, 0.15) is 63.4 Å². The third kappa shape index (κ3) is 7.31. The molecule has 0 heterocycles. The predicted octanol–water partition coefficient (Wildman–Crippen LogP) is 2.63. The first-order valence-electron chi connectivity index (χ1n) is 13.9. The van der Waals surface area contributed by atoms with Crippen LogP contribution < -0.4 is 5.32 Å². The fourth-order valence-corrected chi connectivity index (χ4v) is 5.96. The highest BCUT2D eigenvalue weighted by atomic mass is 16.5. The molecule has 2 atom stereocenters. The van der Waals surface area contributed by atoms with E-state index in [1.807, 2.05) is 30.3 Å². The minimum Gasteiger partial charge on any atom is -0.481 e. The standard InChI is InChI=1S/C29H42N4O7/c1-31(2)25(36)22(18-23(34)35)32(3)26(37)24(21-14-8-9-15-21)33(4)27(38)29(16-10-11-17-29)30-28(39)40-19-20-12-6-5-7-13-20/h5-7,12-13,21-22,24H,8-11,14-19H2,1-4H3,(H,30,39)(H,34,35)/t22-,24-/m0/s1. The molecule has 2 N–H and O–H groups in total. The molecule has 0 bridgehead atoms. The molecule has 2 aliphatic carbocycles. The van der Waals surface area contributed by atoms with Crippen molar-refractivity contribution in [2.45, 2.75) is 82.0 Å². The Hall–Kier alpha value is -3.63. The first-order chi connectivity index (χ1) is 19.0.